The van der Waals surface area contributed by atoms with Crippen LogP contribution in [-0.2, 0) is 4.79 Å². The maximum Gasteiger partial charge on any atom is 0.244 e. The molecule has 1 aliphatic heterocycles. The molecule has 120 valence electrons. The van der Waals surface area contributed by atoms with Crippen molar-refractivity contribution in [3.05, 3.63) is 65.7 Å². The van der Waals surface area contributed by atoms with Gasteiger partial charge in [0.05, 0.1) is 0 Å². The Bertz CT molecular complexity index is 684. The molecule has 0 unspecified atom stereocenters. The summed E-state index contributed by atoms with van der Waals surface area (Å²) in [4.78, 5) is 20.8. The summed E-state index contributed by atoms with van der Waals surface area (Å²) < 4.78 is 13.5. The lowest BCUT2D eigenvalue weighted by Crippen LogP contribution is -2.52. The van der Waals surface area contributed by atoms with Crippen LogP contribution in [-0.4, -0.2) is 47.9 Å². The topological polar surface area (TPSA) is 36.4 Å². The van der Waals surface area contributed by atoms with Crippen molar-refractivity contribution in [1.29, 1.82) is 0 Å². The van der Waals surface area contributed by atoms with E-state index in [2.05, 4.69) is 4.98 Å². The molecule has 23 heavy (non-hydrogen) atoms. The third-order valence-electron chi connectivity index (χ3n) is 4.21. The molecule has 0 radical (unpaired) electrons. The molecule has 1 aliphatic rings. The number of pyridine rings is 1. The van der Waals surface area contributed by atoms with Gasteiger partial charge in [0.2, 0.25) is 5.91 Å². The van der Waals surface area contributed by atoms with Crippen LogP contribution in [0.5, 0.6) is 0 Å². The summed E-state index contributed by atoms with van der Waals surface area (Å²) in [6.07, 6.45) is 1.77. The Hall–Kier alpha value is -2.27. The fourth-order valence-corrected chi connectivity index (χ4v) is 2.97. The zero-order valence-corrected chi connectivity index (χ0v) is 13.3. The molecule has 1 fully saturated rings. The second-order valence-electron chi connectivity index (χ2n) is 6.12. The van der Waals surface area contributed by atoms with Crippen LogP contribution in [0.4, 0.5) is 4.39 Å². The highest BCUT2D eigenvalue weighted by molar-refractivity contribution is 5.84. The normalized spacial score (nSPS) is 16.3. The van der Waals surface area contributed by atoms with Crippen LogP contribution in [0.3, 0.4) is 0 Å². The second-order valence-corrected chi connectivity index (χ2v) is 6.12. The molecule has 4 nitrogen and oxygen atoms in total. The number of aromatic nitrogens is 1. The number of likely N-dealkylation sites (N-methyl/N-ethyl adjacent to an activating group) is 1. The zero-order chi connectivity index (χ0) is 16.4. The number of benzene rings is 1. The Morgan fingerprint density at radius 1 is 1.26 bits per heavy atom. The highest BCUT2D eigenvalue weighted by Gasteiger charge is 2.37. The fourth-order valence-electron chi connectivity index (χ4n) is 2.97. The van der Waals surface area contributed by atoms with Crippen LogP contribution >= 0.6 is 0 Å². The van der Waals surface area contributed by atoms with Gasteiger partial charge in [-0.2, -0.15) is 0 Å². The highest BCUT2D eigenvalue weighted by atomic mass is 19.1. The first-order valence-electron chi connectivity index (χ1n) is 7.68. The number of nitrogens with zero attached hydrogens (tertiary/aromatic N) is 3. The number of hydrogen-bond acceptors (Lipinski definition) is 3. The van der Waals surface area contributed by atoms with E-state index in [4.69, 9.17) is 0 Å². The van der Waals surface area contributed by atoms with E-state index in [1.165, 1.54) is 12.1 Å². The minimum Gasteiger partial charge on any atom is -0.340 e. The lowest BCUT2D eigenvalue weighted by Gasteiger charge is -2.42. The molecular weight excluding hydrogens is 293 g/mol. The summed E-state index contributed by atoms with van der Waals surface area (Å²) in [7, 11) is 3.67. The van der Waals surface area contributed by atoms with Gasteiger partial charge in [-0.1, -0.05) is 18.2 Å². The van der Waals surface area contributed by atoms with E-state index in [0.717, 1.165) is 5.69 Å². The summed E-state index contributed by atoms with van der Waals surface area (Å²) in [5.41, 5.74) is 1.70. The number of amides is 1. The van der Waals surface area contributed by atoms with Gasteiger partial charge in [-0.3, -0.25) is 14.7 Å². The van der Waals surface area contributed by atoms with Gasteiger partial charge < -0.3 is 4.90 Å². The van der Waals surface area contributed by atoms with Crippen LogP contribution < -0.4 is 0 Å². The van der Waals surface area contributed by atoms with E-state index in [1.54, 1.807) is 18.3 Å². The summed E-state index contributed by atoms with van der Waals surface area (Å²) in [5.74, 6) is -0.0274. The molecule has 0 spiro atoms. The van der Waals surface area contributed by atoms with Crippen LogP contribution in [0.1, 0.15) is 23.2 Å². The predicted molar refractivity (Wildman–Crippen MR) is 86.4 cm³/mol. The van der Waals surface area contributed by atoms with Gasteiger partial charge in [0.15, 0.2) is 0 Å². The lowest BCUT2D eigenvalue weighted by molar-refractivity contribution is -0.141. The molecule has 0 N–H and O–H groups in total. The molecule has 0 saturated carbocycles. The molecule has 3 rings (SSSR count). The maximum absolute atomic E-state index is 13.5. The smallest absolute Gasteiger partial charge is 0.244 e. The molecular formula is C18H20FN3O. The van der Waals surface area contributed by atoms with Gasteiger partial charge in [-0.05, 0) is 43.9 Å². The largest absolute Gasteiger partial charge is 0.340 e. The summed E-state index contributed by atoms with van der Waals surface area (Å²) in [5, 5.41) is 0. The molecule has 2 aromatic rings. The molecule has 0 bridgehead atoms. The van der Waals surface area contributed by atoms with Gasteiger partial charge in [0, 0.05) is 30.9 Å². The fraction of sp³-hybridized carbons (Fsp3) is 0.333. The van der Waals surface area contributed by atoms with Gasteiger partial charge in [0.25, 0.3) is 0 Å². The second kappa shape index (κ2) is 6.46. The number of carbonyl (C=O) groups excluding carboxylic acids is 1. The van der Waals surface area contributed by atoms with Crippen LogP contribution in [0, 0.1) is 5.82 Å². The van der Waals surface area contributed by atoms with Crippen molar-refractivity contribution in [2.24, 2.45) is 0 Å². The molecule has 0 aliphatic carbocycles. The van der Waals surface area contributed by atoms with Crippen LogP contribution in [0.15, 0.2) is 48.7 Å². The van der Waals surface area contributed by atoms with Crippen molar-refractivity contribution in [3.63, 3.8) is 0 Å². The third-order valence-corrected chi connectivity index (χ3v) is 4.21. The molecule has 1 aromatic carbocycles. The van der Waals surface area contributed by atoms with Crippen molar-refractivity contribution in [3.8, 4) is 0 Å². The summed E-state index contributed by atoms with van der Waals surface area (Å²) >= 11 is 0. The lowest BCUT2D eigenvalue weighted by atomic mass is 9.93. The average Bonchev–Trinajstić information content (AvgIpc) is 2.46. The minimum atomic E-state index is -0.463. The quantitative estimate of drug-likeness (QED) is 0.870. The Labute approximate surface area is 135 Å². The maximum atomic E-state index is 13.5. The number of rotatable bonds is 4. The Kier molecular flexibility index (Phi) is 4.39. The first-order chi connectivity index (χ1) is 11.1. The molecule has 1 aromatic heterocycles. The third kappa shape index (κ3) is 3.24. The van der Waals surface area contributed by atoms with E-state index in [0.29, 0.717) is 18.7 Å². The van der Waals surface area contributed by atoms with E-state index in [9.17, 15) is 9.18 Å². The minimum absolute atomic E-state index is 0.00720. The number of hydrogen-bond donors (Lipinski definition) is 0. The van der Waals surface area contributed by atoms with Crippen molar-refractivity contribution < 1.29 is 9.18 Å². The highest BCUT2D eigenvalue weighted by Crippen LogP contribution is 2.30. The summed E-state index contributed by atoms with van der Waals surface area (Å²) in [6, 6.07) is 11.6. The van der Waals surface area contributed by atoms with E-state index in [1.807, 2.05) is 42.1 Å². The van der Waals surface area contributed by atoms with Gasteiger partial charge in [-0.15, -0.1) is 0 Å². The Morgan fingerprint density at radius 2 is 2.04 bits per heavy atom. The van der Waals surface area contributed by atoms with E-state index in [-0.39, 0.29) is 17.6 Å². The first kappa shape index (κ1) is 15.6. The molecule has 1 atom stereocenters. The van der Waals surface area contributed by atoms with E-state index >= 15 is 0 Å². The van der Waals surface area contributed by atoms with Crippen molar-refractivity contribution in [2.45, 2.75) is 12.0 Å². The molecule has 1 amide bonds. The standard InChI is InChI=1S/C18H20FN3O/c1-21(2)17(13-6-5-7-15(19)10-13)18(23)22-11-14(12-22)16-8-3-4-9-20-16/h3-10,14,17H,11-12H2,1-2H3/t17-/m0/s1. The van der Waals surface area contributed by atoms with Crippen LogP contribution in [0.25, 0.3) is 0 Å². The van der Waals surface area contributed by atoms with Gasteiger partial charge >= 0.3 is 0 Å². The molecule has 1 saturated heterocycles. The summed E-state index contributed by atoms with van der Waals surface area (Å²) in [6.45, 7) is 1.32. The van der Waals surface area contributed by atoms with Crippen molar-refractivity contribution >= 4 is 5.91 Å². The number of carbonyl (C=O) groups is 1. The van der Waals surface area contributed by atoms with Crippen molar-refractivity contribution in [1.82, 2.24) is 14.8 Å². The molecule has 5 heteroatoms. The zero-order valence-electron chi connectivity index (χ0n) is 13.3. The Morgan fingerprint density at radius 3 is 2.65 bits per heavy atom. The average molecular weight is 313 g/mol. The first-order valence-corrected chi connectivity index (χ1v) is 7.68. The predicted octanol–water partition coefficient (Wildman–Crippen LogP) is 2.45. The van der Waals surface area contributed by atoms with Crippen molar-refractivity contribution in [2.75, 3.05) is 27.2 Å². The van der Waals surface area contributed by atoms with Gasteiger partial charge in [-0.25, -0.2) is 4.39 Å². The molecule has 2 heterocycles. The number of halogens is 1. The van der Waals surface area contributed by atoms with Crippen LogP contribution in [0.2, 0.25) is 0 Å². The monoisotopic (exact) mass is 313 g/mol. The number of likely N-dealkylation sites (tertiary alicyclic amines) is 1. The Balaban J connectivity index is 1.71. The SMILES string of the molecule is CN(C)[C@H](C(=O)N1CC(c2ccccn2)C1)c1cccc(F)c1. The van der Waals surface area contributed by atoms with Gasteiger partial charge in [0.1, 0.15) is 11.9 Å². The van der Waals surface area contributed by atoms with E-state index < -0.39 is 6.04 Å².